The fourth-order valence-corrected chi connectivity index (χ4v) is 3.20. The van der Waals surface area contributed by atoms with Crippen LogP contribution in [0, 0.1) is 0 Å². The van der Waals surface area contributed by atoms with Gasteiger partial charge in [0.05, 0.1) is 0 Å². The van der Waals surface area contributed by atoms with Gasteiger partial charge in [-0.15, -0.1) is 0 Å². The Morgan fingerprint density at radius 2 is 1.94 bits per heavy atom. The molecular formula is C14H19N3S. The molecule has 2 N–H and O–H groups in total. The Labute approximate surface area is 114 Å². The van der Waals surface area contributed by atoms with Gasteiger partial charge in [0.25, 0.3) is 0 Å². The zero-order valence-corrected chi connectivity index (χ0v) is 11.3. The molecule has 2 aliphatic rings. The Kier molecular flexibility index (Phi) is 3.22. The Bertz CT molecular complexity index is 443. The lowest BCUT2D eigenvalue weighted by atomic mass is 10.1. The van der Waals surface area contributed by atoms with Crippen LogP contribution in [0.2, 0.25) is 0 Å². The second kappa shape index (κ2) is 4.86. The molecule has 1 aromatic carbocycles. The molecule has 1 atom stereocenters. The van der Waals surface area contributed by atoms with Gasteiger partial charge in [-0.25, -0.2) is 0 Å². The molecule has 2 saturated heterocycles. The topological polar surface area (TPSA) is 32.5 Å². The fraction of sp³-hybridized carbons (Fsp3) is 0.500. The standard InChI is InChI=1S/C14H19N3S/c15-14(18)11-3-5-12(6-4-11)17-9-8-16-7-1-2-13(16)10-17/h3-6,13H,1-2,7-10H2,(H2,15,18). The van der Waals surface area contributed by atoms with Crippen molar-refractivity contribution in [3.05, 3.63) is 29.8 Å². The van der Waals surface area contributed by atoms with Crippen molar-refractivity contribution in [3.8, 4) is 0 Å². The summed E-state index contributed by atoms with van der Waals surface area (Å²) < 4.78 is 0. The first kappa shape index (κ1) is 11.9. The highest BCUT2D eigenvalue weighted by Crippen LogP contribution is 2.25. The minimum absolute atomic E-state index is 0.474. The predicted molar refractivity (Wildman–Crippen MR) is 79.1 cm³/mol. The van der Waals surface area contributed by atoms with Gasteiger partial charge in [-0.1, -0.05) is 12.2 Å². The van der Waals surface area contributed by atoms with Crippen LogP contribution in [0.4, 0.5) is 5.69 Å². The fourth-order valence-electron chi connectivity index (χ4n) is 3.06. The number of fused-ring (bicyclic) bond motifs is 1. The molecule has 0 spiro atoms. The molecule has 2 fully saturated rings. The quantitative estimate of drug-likeness (QED) is 0.820. The molecule has 0 amide bonds. The highest BCUT2D eigenvalue weighted by atomic mass is 32.1. The van der Waals surface area contributed by atoms with E-state index in [2.05, 4.69) is 21.9 Å². The first-order valence-electron chi connectivity index (χ1n) is 6.63. The first-order chi connectivity index (χ1) is 8.74. The molecule has 2 aliphatic heterocycles. The minimum Gasteiger partial charge on any atom is -0.389 e. The number of benzene rings is 1. The highest BCUT2D eigenvalue weighted by molar-refractivity contribution is 7.80. The molecule has 0 aromatic heterocycles. The van der Waals surface area contributed by atoms with E-state index in [4.69, 9.17) is 18.0 Å². The third-order valence-electron chi connectivity index (χ3n) is 4.10. The molecule has 2 heterocycles. The number of nitrogens with zero attached hydrogens (tertiary/aromatic N) is 2. The predicted octanol–water partition coefficient (Wildman–Crippen LogP) is 1.61. The van der Waals surface area contributed by atoms with E-state index in [9.17, 15) is 0 Å². The monoisotopic (exact) mass is 261 g/mol. The maximum Gasteiger partial charge on any atom is 0.103 e. The molecule has 96 valence electrons. The van der Waals surface area contributed by atoms with Gasteiger partial charge in [0.2, 0.25) is 0 Å². The Morgan fingerprint density at radius 3 is 2.67 bits per heavy atom. The van der Waals surface area contributed by atoms with Crippen molar-refractivity contribution in [3.63, 3.8) is 0 Å². The van der Waals surface area contributed by atoms with Crippen LogP contribution in [0.25, 0.3) is 0 Å². The number of hydrogen-bond donors (Lipinski definition) is 1. The normalized spacial score (nSPS) is 24.0. The molecule has 0 saturated carbocycles. The molecule has 1 aromatic rings. The van der Waals surface area contributed by atoms with Gasteiger partial charge in [-0.2, -0.15) is 0 Å². The summed E-state index contributed by atoms with van der Waals surface area (Å²) in [6, 6.07) is 9.09. The van der Waals surface area contributed by atoms with Crippen LogP contribution in [-0.4, -0.2) is 42.1 Å². The Balaban J connectivity index is 1.73. The van der Waals surface area contributed by atoms with Crippen LogP contribution in [0.1, 0.15) is 18.4 Å². The van der Waals surface area contributed by atoms with E-state index >= 15 is 0 Å². The van der Waals surface area contributed by atoms with E-state index in [-0.39, 0.29) is 0 Å². The number of anilines is 1. The summed E-state index contributed by atoms with van der Waals surface area (Å²) in [4.78, 5) is 5.58. The molecule has 0 radical (unpaired) electrons. The molecular weight excluding hydrogens is 242 g/mol. The average Bonchev–Trinajstić information content (AvgIpc) is 2.86. The van der Waals surface area contributed by atoms with Gasteiger partial charge in [-0.3, -0.25) is 4.90 Å². The van der Waals surface area contributed by atoms with Crippen LogP contribution in [-0.2, 0) is 0 Å². The van der Waals surface area contributed by atoms with Gasteiger partial charge < -0.3 is 10.6 Å². The van der Waals surface area contributed by atoms with E-state index in [1.807, 2.05) is 12.1 Å². The van der Waals surface area contributed by atoms with Gasteiger partial charge in [-0.05, 0) is 43.7 Å². The number of hydrogen-bond acceptors (Lipinski definition) is 3. The summed E-state index contributed by atoms with van der Waals surface area (Å²) in [7, 11) is 0. The molecule has 0 aliphatic carbocycles. The summed E-state index contributed by atoms with van der Waals surface area (Å²) in [5.74, 6) is 0. The lowest BCUT2D eigenvalue weighted by Gasteiger charge is -2.38. The SMILES string of the molecule is NC(=S)c1ccc(N2CCN3CCCC3C2)cc1. The van der Waals surface area contributed by atoms with Crippen molar-refractivity contribution in [2.24, 2.45) is 5.73 Å². The van der Waals surface area contributed by atoms with E-state index < -0.39 is 0 Å². The van der Waals surface area contributed by atoms with E-state index in [1.165, 1.54) is 31.6 Å². The maximum absolute atomic E-state index is 5.62. The molecule has 4 heteroatoms. The van der Waals surface area contributed by atoms with Crippen LogP contribution < -0.4 is 10.6 Å². The number of piperazine rings is 1. The van der Waals surface area contributed by atoms with Gasteiger partial charge in [0, 0.05) is 36.9 Å². The molecule has 1 unspecified atom stereocenters. The third-order valence-corrected chi connectivity index (χ3v) is 4.34. The molecule has 18 heavy (non-hydrogen) atoms. The summed E-state index contributed by atoms with van der Waals surface area (Å²) in [5, 5.41) is 0. The molecule has 0 bridgehead atoms. The van der Waals surface area contributed by atoms with Crippen LogP contribution in [0.5, 0.6) is 0 Å². The van der Waals surface area contributed by atoms with Crippen LogP contribution in [0.3, 0.4) is 0 Å². The lowest BCUT2D eigenvalue weighted by molar-refractivity contribution is 0.231. The zero-order chi connectivity index (χ0) is 12.5. The summed E-state index contributed by atoms with van der Waals surface area (Å²) in [6.45, 7) is 4.77. The van der Waals surface area contributed by atoms with Crippen molar-refractivity contribution < 1.29 is 0 Å². The van der Waals surface area contributed by atoms with Gasteiger partial charge >= 0.3 is 0 Å². The van der Waals surface area contributed by atoms with Gasteiger partial charge in [0.15, 0.2) is 0 Å². The van der Waals surface area contributed by atoms with Crippen molar-refractivity contribution in [2.45, 2.75) is 18.9 Å². The highest BCUT2D eigenvalue weighted by Gasteiger charge is 2.30. The second-order valence-corrected chi connectivity index (χ2v) is 5.63. The third kappa shape index (κ3) is 2.22. The second-order valence-electron chi connectivity index (χ2n) is 5.19. The first-order valence-corrected chi connectivity index (χ1v) is 7.04. The van der Waals surface area contributed by atoms with Crippen molar-refractivity contribution >= 4 is 22.9 Å². The van der Waals surface area contributed by atoms with E-state index in [0.717, 1.165) is 24.7 Å². The minimum atomic E-state index is 0.474. The molecule has 3 nitrogen and oxygen atoms in total. The average molecular weight is 261 g/mol. The number of nitrogens with two attached hydrogens (primary N) is 1. The van der Waals surface area contributed by atoms with Crippen molar-refractivity contribution in [1.82, 2.24) is 4.90 Å². The van der Waals surface area contributed by atoms with Crippen LogP contribution in [0.15, 0.2) is 24.3 Å². The smallest absolute Gasteiger partial charge is 0.103 e. The Morgan fingerprint density at radius 1 is 1.17 bits per heavy atom. The van der Waals surface area contributed by atoms with Gasteiger partial charge in [0.1, 0.15) is 4.99 Å². The van der Waals surface area contributed by atoms with E-state index in [1.54, 1.807) is 0 Å². The summed E-state index contributed by atoms with van der Waals surface area (Å²) in [5.41, 5.74) is 7.87. The van der Waals surface area contributed by atoms with Crippen molar-refractivity contribution in [1.29, 1.82) is 0 Å². The van der Waals surface area contributed by atoms with Crippen LogP contribution >= 0.6 is 12.2 Å². The maximum atomic E-state index is 5.62. The van der Waals surface area contributed by atoms with Crippen molar-refractivity contribution in [2.75, 3.05) is 31.1 Å². The summed E-state index contributed by atoms with van der Waals surface area (Å²) in [6.07, 6.45) is 2.71. The zero-order valence-electron chi connectivity index (χ0n) is 10.5. The van der Waals surface area contributed by atoms with E-state index in [0.29, 0.717) is 4.99 Å². The number of rotatable bonds is 2. The molecule has 3 rings (SSSR count). The lowest BCUT2D eigenvalue weighted by Crippen LogP contribution is -2.50. The number of thiocarbonyl (C=S) groups is 1. The summed E-state index contributed by atoms with van der Waals surface area (Å²) >= 11 is 4.98. The largest absolute Gasteiger partial charge is 0.389 e. The Hall–Kier alpha value is -1.13.